The highest BCUT2D eigenvalue weighted by Gasteiger charge is 2.27. The van der Waals surface area contributed by atoms with Crippen molar-refractivity contribution in [2.24, 2.45) is 0 Å². The van der Waals surface area contributed by atoms with Crippen molar-refractivity contribution in [2.45, 2.75) is 12.5 Å². The number of hydrogen-bond donors (Lipinski definition) is 2. The van der Waals surface area contributed by atoms with E-state index in [-0.39, 0.29) is 18.4 Å². The van der Waals surface area contributed by atoms with Crippen LogP contribution in [0.4, 0.5) is 0 Å². The lowest BCUT2D eigenvalue weighted by Gasteiger charge is -2.19. The first kappa shape index (κ1) is 16.2. The van der Waals surface area contributed by atoms with Crippen LogP contribution in [0.2, 0.25) is 0 Å². The number of nitrogens with zero attached hydrogens (tertiary/aromatic N) is 2. The summed E-state index contributed by atoms with van der Waals surface area (Å²) in [6.07, 6.45) is 2.10. The third-order valence-corrected chi connectivity index (χ3v) is 3.92. The lowest BCUT2D eigenvalue weighted by Crippen LogP contribution is -2.48. The van der Waals surface area contributed by atoms with Gasteiger partial charge in [-0.2, -0.15) is 0 Å². The summed E-state index contributed by atoms with van der Waals surface area (Å²) in [7, 11) is 1.70. The van der Waals surface area contributed by atoms with Crippen LogP contribution in [0.3, 0.4) is 0 Å². The summed E-state index contributed by atoms with van der Waals surface area (Å²) in [5.74, 6) is 0.191. The molecule has 1 aliphatic rings. The van der Waals surface area contributed by atoms with Crippen molar-refractivity contribution in [2.75, 3.05) is 26.8 Å². The Balaban J connectivity index is 1.64. The van der Waals surface area contributed by atoms with E-state index in [4.69, 9.17) is 4.74 Å². The molecule has 0 bridgehead atoms. The molecular weight excluding hydrogens is 308 g/mol. The number of carbonyl (C=O) groups excluding carboxylic acids is 2. The molecule has 1 atom stereocenters. The van der Waals surface area contributed by atoms with Crippen molar-refractivity contribution in [1.29, 1.82) is 0 Å². The highest BCUT2D eigenvalue weighted by atomic mass is 16.5. The van der Waals surface area contributed by atoms with Gasteiger partial charge in [-0.05, 0) is 5.56 Å². The SMILES string of the molecule is CN1CCOC[C@H](NC(=O)c2cnc(Cc3ccccc3)[nH]2)C1=O. The Hall–Kier alpha value is -2.67. The van der Waals surface area contributed by atoms with Gasteiger partial charge in [0.15, 0.2) is 0 Å². The van der Waals surface area contributed by atoms with Crippen LogP contribution in [-0.2, 0) is 16.0 Å². The molecule has 0 aliphatic carbocycles. The van der Waals surface area contributed by atoms with Gasteiger partial charge in [0, 0.05) is 20.0 Å². The summed E-state index contributed by atoms with van der Waals surface area (Å²) in [5, 5.41) is 2.71. The molecule has 2 N–H and O–H groups in total. The molecule has 2 heterocycles. The van der Waals surface area contributed by atoms with E-state index in [1.807, 2.05) is 30.3 Å². The number of carbonyl (C=O) groups is 2. The van der Waals surface area contributed by atoms with Crippen LogP contribution in [0.5, 0.6) is 0 Å². The fourth-order valence-corrected chi connectivity index (χ4v) is 2.55. The maximum Gasteiger partial charge on any atom is 0.270 e. The molecule has 2 amide bonds. The topological polar surface area (TPSA) is 87.3 Å². The maximum atomic E-state index is 12.3. The first-order valence-electron chi connectivity index (χ1n) is 7.85. The largest absolute Gasteiger partial charge is 0.377 e. The third kappa shape index (κ3) is 3.80. The summed E-state index contributed by atoms with van der Waals surface area (Å²) in [4.78, 5) is 33.3. The number of H-pyrrole nitrogens is 1. The van der Waals surface area contributed by atoms with Gasteiger partial charge in [0.25, 0.3) is 5.91 Å². The number of rotatable bonds is 4. The lowest BCUT2D eigenvalue weighted by atomic mass is 10.1. The Kier molecular flexibility index (Phi) is 4.90. The average Bonchev–Trinajstić information content (AvgIpc) is 3.00. The molecule has 0 saturated carbocycles. The number of imidazole rings is 1. The zero-order chi connectivity index (χ0) is 16.9. The van der Waals surface area contributed by atoms with Crippen molar-refractivity contribution >= 4 is 11.8 Å². The van der Waals surface area contributed by atoms with E-state index in [9.17, 15) is 9.59 Å². The first-order valence-corrected chi connectivity index (χ1v) is 7.85. The zero-order valence-corrected chi connectivity index (χ0v) is 13.5. The molecule has 2 aromatic rings. The molecule has 1 aliphatic heterocycles. The second-order valence-corrected chi connectivity index (χ2v) is 5.77. The van der Waals surface area contributed by atoms with Crippen molar-refractivity contribution < 1.29 is 14.3 Å². The van der Waals surface area contributed by atoms with Gasteiger partial charge < -0.3 is 19.9 Å². The van der Waals surface area contributed by atoms with Crippen molar-refractivity contribution in [3.63, 3.8) is 0 Å². The van der Waals surface area contributed by atoms with E-state index >= 15 is 0 Å². The van der Waals surface area contributed by atoms with Gasteiger partial charge in [-0.1, -0.05) is 30.3 Å². The molecule has 126 valence electrons. The number of nitrogens with one attached hydrogen (secondary N) is 2. The highest BCUT2D eigenvalue weighted by Crippen LogP contribution is 2.07. The van der Waals surface area contributed by atoms with Crippen LogP contribution in [0.1, 0.15) is 21.9 Å². The molecule has 1 aromatic heterocycles. The van der Waals surface area contributed by atoms with Gasteiger partial charge in [-0.15, -0.1) is 0 Å². The van der Waals surface area contributed by atoms with Crippen LogP contribution < -0.4 is 5.32 Å². The Bertz CT molecular complexity index is 714. The predicted octanol–water partition coefficient (Wildman–Crippen LogP) is 0.587. The monoisotopic (exact) mass is 328 g/mol. The number of hydrogen-bond acceptors (Lipinski definition) is 4. The van der Waals surface area contributed by atoms with E-state index in [0.29, 0.717) is 31.1 Å². The quantitative estimate of drug-likeness (QED) is 0.860. The predicted molar refractivity (Wildman–Crippen MR) is 87.5 cm³/mol. The summed E-state index contributed by atoms with van der Waals surface area (Å²) in [6, 6.07) is 9.19. The number of likely N-dealkylation sites (N-methyl/N-ethyl adjacent to an activating group) is 1. The van der Waals surface area contributed by atoms with Gasteiger partial charge in [0.1, 0.15) is 17.6 Å². The summed E-state index contributed by atoms with van der Waals surface area (Å²) in [6.45, 7) is 1.18. The van der Waals surface area contributed by atoms with Crippen LogP contribution >= 0.6 is 0 Å². The van der Waals surface area contributed by atoms with Crippen LogP contribution in [-0.4, -0.2) is 59.5 Å². The van der Waals surface area contributed by atoms with Gasteiger partial charge >= 0.3 is 0 Å². The van der Waals surface area contributed by atoms with E-state index in [1.54, 1.807) is 11.9 Å². The molecule has 1 aromatic carbocycles. The molecule has 1 saturated heterocycles. The lowest BCUT2D eigenvalue weighted by molar-refractivity contribution is -0.131. The van der Waals surface area contributed by atoms with Gasteiger partial charge in [-0.3, -0.25) is 9.59 Å². The Labute approximate surface area is 140 Å². The third-order valence-electron chi connectivity index (χ3n) is 3.92. The molecule has 0 unspecified atom stereocenters. The molecule has 3 rings (SSSR count). The minimum atomic E-state index is -0.675. The van der Waals surface area contributed by atoms with E-state index in [1.165, 1.54) is 6.20 Å². The molecule has 0 radical (unpaired) electrons. The maximum absolute atomic E-state index is 12.3. The summed E-state index contributed by atoms with van der Waals surface area (Å²) in [5.41, 5.74) is 1.44. The minimum absolute atomic E-state index is 0.148. The van der Waals surface area contributed by atoms with Gasteiger partial charge in [0.2, 0.25) is 5.91 Å². The van der Waals surface area contributed by atoms with Gasteiger partial charge in [0.05, 0.1) is 19.4 Å². The van der Waals surface area contributed by atoms with Gasteiger partial charge in [-0.25, -0.2) is 4.98 Å². The molecule has 7 heteroatoms. The number of ether oxygens (including phenoxy) is 1. The number of benzene rings is 1. The fourth-order valence-electron chi connectivity index (χ4n) is 2.55. The smallest absolute Gasteiger partial charge is 0.270 e. The molecular formula is C17H20N4O3. The van der Waals surface area contributed by atoms with Crippen LogP contribution in [0, 0.1) is 0 Å². The minimum Gasteiger partial charge on any atom is -0.377 e. The molecule has 0 spiro atoms. The normalized spacial score (nSPS) is 18.3. The Morgan fingerprint density at radius 1 is 1.42 bits per heavy atom. The number of aromatic nitrogens is 2. The molecule has 24 heavy (non-hydrogen) atoms. The van der Waals surface area contributed by atoms with Crippen molar-refractivity contribution in [1.82, 2.24) is 20.2 Å². The highest BCUT2D eigenvalue weighted by molar-refractivity contribution is 5.96. The zero-order valence-electron chi connectivity index (χ0n) is 13.5. The number of amides is 2. The van der Waals surface area contributed by atoms with E-state index in [0.717, 1.165) is 5.56 Å². The van der Waals surface area contributed by atoms with Crippen molar-refractivity contribution in [3.05, 3.63) is 53.6 Å². The first-order chi connectivity index (χ1) is 11.6. The fraction of sp³-hybridized carbons (Fsp3) is 0.353. The molecule has 1 fully saturated rings. The van der Waals surface area contributed by atoms with Crippen molar-refractivity contribution in [3.8, 4) is 0 Å². The average molecular weight is 328 g/mol. The summed E-state index contributed by atoms with van der Waals surface area (Å²) < 4.78 is 5.37. The van der Waals surface area contributed by atoms with E-state index < -0.39 is 6.04 Å². The second kappa shape index (κ2) is 7.27. The Morgan fingerprint density at radius 2 is 2.21 bits per heavy atom. The molecule has 7 nitrogen and oxygen atoms in total. The second-order valence-electron chi connectivity index (χ2n) is 5.77. The standard InChI is InChI=1S/C17H20N4O3/c1-21-7-8-24-11-14(17(21)23)20-16(22)13-10-18-15(19-13)9-12-5-3-2-4-6-12/h2-6,10,14H,7-9,11H2,1H3,(H,18,19)(H,20,22)/t14-/m0/s1. The Morgan fingerprint density at radius 3 is 3.00 bits per heavy atom. The van der Waals surface area contributed by atoms with Crippen LogP contribution in [0.25, 0.3) is 0 Å². The number of aromatic amines is 1. The van der Waals surface area contributed by atoms with E-state index in [2.05, 4.69) is 15.3 Å². The summed E-state index contributed by atoms with van der Waals surface area (Å²) >= 11 is 0. The van der Waals surface area contributed by atoms with Crippen LogP contribution in [0.15, 0.2) is 36.5 Å².